The van der Waals surface area contributed by atoms with Crippen LogP contribution in [0.3, 0.4) is 0 Å². The van der Waals surface area contributed by atoms with E-state index in [4.69, 9.17) is 0 Å². The Hall–Kier alpha value is 0.360. The van der Waals surface area contributed by atoms with Crippen LogP contribution in [0.25, 0.3) is 0 Å². The Morgan fingerprint density at radius 1 is 1.60 bits per heavy atom. The lowest BCUT2D eigenvalue weighted by molar-refractivity contribution is -0.120. The highest BCUT2D eigenvalue weighted by Gasteiger charge is 2.30. The monoisotopic (exact) mass is 253 g/mol. The first-order chi connectivity index (χ1) is 4.63. The summed E-state index contributed by atoms with van der Waals surface area (Å²) in [6.45, 7) is 1.68. The van der Waals surface area contributed by atoms with Gasteiger partial charge in [-0.1, -0.05) is 22.6 Å². The molecular weight excluding hydrogens is 241 g/mol. The Kier molecular flexibility index (Phi) is 2.68. The number of nitrogens with zero attached hydrogens (tertiary/aromatic N) is 1. The van der Waals surface area contributed by atoms with Gasteiger partial charge in [0.15, 0.2) is 0 Å². The lowest BCUT2D eigenvalue weighted by Gasteiger charge is -2.19. The standard InChI is InChI=1S/C7H12INO/c1-5(10)6-3-4-7(8)9(6)2/h6-7H,3-4H2,1-2H3. The van der Waals surface area contributed by atoms with E-state index in [0.717, 1.165) is 12.8 Å². The Balaban J connectivity index is 2.57. The Labute approximate surface area is 75.1 Å². The number of alkyl halides is 1. The van der Waals surface area contributed by atoms with Crippen molar-refractivity contribution < 1.29 is 4.79 Å². The number of carbonyl (C=O) groups is 1. The number of carbonyl (C=O) groups excluding carboxylic acids is 1. The first-order valence-corrected chi connectivity index (χ1v) is 4.74. The second-order valence-electron chi connectivity index (χ2n) is 2.80. The fourth-order valence-electron chi connectivity index (χ4n) is 1.39. The van der Waals surface area contributed by atoms with Crippen molar-refractivity contribution in [1.29, 1.82) is 0 Å². The van der Waals surface area contributed by atoms with E-state index < -0.39 is 0 Å². The molecule has 3 heteroatoms. The first-order valence-electron chi connectivity index (χ1n) is 3.49. The van der Waals surface area contributed by atoms with Gasteiger partial charge in [0, 0.05) is 0 Å². The van der Waals surface area contributed by atoms with Crippen LogP contribution in [-0.4, -0.2) is 27.8 Å². The molecule has 1 heterocycles. The molecule has 2 atom stereocenters. The van der Waals surface area contributed by atoms with E-state index in [1.54, 1.807) is 6.92 Å². The van der Waals surface area contributed by atoms with E-state index in [2.05, 4.69) is 27.5 Å². The van der Waals surface area contributed by atoms with Crippen molar-refractivity contribution in [3.05, 3.63) is 0 Å². The minimum atomic E-state index is 0.196. The number of halogens is 1. The number of likely N-dealkylation sites (N-methyl/N-ethyl adjacent to an activating group) is 1. The van der Waals surface area contributed by atoms with Crippen molar-refractivity contribution in [2.45, 2.75) is 29.9 Å². The quantitative estimate of drug-likeness (QED) is 0.400. The van der Waals surface area contributed by atoms with Crippen molar-refractivity contribution in [2.24, 2.45) is 0 Å². The molecule has 2 unspecified atom stereocenters. The number of rotatable bonds is 1. The Bertz CT molecular complexity index is 149. The van der Waals surface area contributed by atoms with Gasteiger partial charge < -0.3 is 0 Å². The maximum atomic E-state index is 11.0. The van der Waals surface area contributed by atoms with Crippen molar-refractivity contribution in [3.63, 3.8) is 0 Å². The van der Waals surface area contributed by atoms with Crippen LogP contribution in [-0.2, 0) is 4.79 Å². The van der Waals surface area contributed by atoms with Crippen LogP contribution in [0.1, 0.15) is 19.8 Å². The largest absolute Gasteiger partial charge is 0.298 e. The second kappa shape index (κ2) is 3.17. The summed E-state index contributed by atoms with van der Waals surface area (Å²) in [5.41, 5.74) is 0. The molecule has 0 N–H and O–H groups in total. The molecule has 1 fully saturated rings. The number of ketones is 1. The van der Waals surface area contributed by atoms with Crippen LogP contribution >= 0.6 is 22.6 Å². The Morgan fingerprint density at radius 2 is 2.20 bits per heavy atom. The summed E-state index contributed by atoms with van der Waals surface area (Å²) in [5, 5.41) is 0. The summed E-state index contributed by atoms with van der Waals surface area (Å²) in [6, 6.07) is 0.196. The fourth-order valence-corrected chi connectivity index (χ4v) is 2.14. The molecule has 0 spiro atoms. The molecule has 0 saturated carbocycles. The highest BCUT2D eigenvalue weighted by molar-refractivity contribution is 14.1. The summed E-state index contributed by atoms with van der Waals surface area (Å²) < 4.78 is 0.562. The van der Waals surface area contributed by atoms with Gasteiger partial charge in [0.25, 0.3) is 0 Å². The van der Waals surface area contributed by atoms with E-state index in [9.17, 15) is 4.79 Å². The third-order valence-corrected chi connectivity index (χ3v) is 3.58. The average molecular weight is 253 g/mol. The smallest absolute Gasteiger partial charge is 0.146 e. The van der Waals surface area contributed by atoms with Crippen molar-refractivity contribution in [1.82, 2.24) is 4.90 Å². The molecule has 1 rings (SSSR count). The molecule has 1 aliphatic rings. The average Bonchev–Trinajstić information content (AvgIpc) is 2.14. The molecule has 0 aromatic carbocycles. The zero-order valence-corrected chi connectivity index (χ0v) is 8.46. The van der Waals surface area contributed by atoms with Gasteiger partial charge in [-0.2, -0.15) is 0 Å². The van der Waals surface area contributed by atoms with E-state index in [1.807, 2.05) is 7.05 Å². The highest BCUT2D eigenvalue weighted by Crippen LogP contribution is 2.26. The van der Waals surface area contributed by atoms with Gasteiger partial charge in [0.2, 0.25) is 0 Å². The summed E-state index contributed by atoms with van der Waals surface area (Å²) in [6.07, 6.45) is 2.20. The maximum Gasteiger partial charge on any atom is 0.146 e. The minimum Gasteiger partial charge on any atom is -0.298 e. The normalized spacial score (nSPS) is 34.7. The van der Waals surface area contributed by atoms with Gasteiger partial charge in [-0.05, 0) is 26.8 Å². The van der Waals surface area contributed by atoms with E-state index in [0.29, 0.717) is 9.83 Å². The lowest BCUT2D eigenvalue weighted by atomic mass is 10.1. The lowest BCUT2D eigenvalue weighted by Crippen LogP contribution is -2.33. The highest BCUT2D eigenvalue weighted by atomic mass is 127. The van der Waals surface area contributed by atoms with Crippen LogP contribution < -0.4 is 0 Å². The Morgan fingerprint density at radius 3 is 2.40 bits per heavy atom. The van der Waals surface area contributed by atoms with Gasteiger partial charge in [-0.3, -0.25) is 9.69 Å². The predicted octanol–water partition coefficient (Wildman–Crippen LogP) is 1.43. The van der Waals surface area contributed by atoms with E-state index >= 15 is 0 Å². The molecule has 58 valence electrons. The third kappa shape index (κ3) is 1.50. The van der Waals surface area contributed by atoms with E-state index in [-0.39, 0.29) is 6.04 Å². The predicted molar refractivity (Wildman–Crippen MR) is 49.3 cm³/mol. The molecular formula is C7H12INO. The first kappa shape index (κ1) is 8.46. The van der Waals surface area contributed by atoms with Crippen molar-refractivity contribution in [2.75, 3.05) is 7.05 Å². The van der Waals surface area contributed by atoms with Crippen molar-refractivity contribution in [3.8, 4) is 0 Å². The van der Waals surface area contributed by atoms with E-state index in [1.165, 1.54) is 0 Å². The molecule has 0 radical (unpaired) electrons. The minimum absolute atomic E-state index is 0.196. The van der Waals surface area contributed by atoms with Crippen LogP contribution in [0.15, 0.2) is 0 Å². The molecule has 0 aliphatic carbocycles. The third-order valence-electron chi connectivity index (χ3n) is 2.08. The number of likely N-dealkylation sites (tertiary alicyclic amines) is 1. The summed E-state index contributed by atoms with van der Waals surface area (Å²) in [4.78, 5) is 13.1. The number of hydrogen-bond donors (Lipinski definition) is 0. The molecule has 0 aromatic heterocycles. The topological polar surface area (TPSA) is 20.3 Å². The second-order valence-corrected chi connectivity index (χ2v) is 4.24. The van der Waals surface area contributed by atoms with Crippen LogP contribution in [0.4, 0.5) is 0 Å². The fraction of sp³-hybridized carbons (Fsp3) is 0.857. The molecule has 0 aromatic rings. The van der Waals surface area contributed by atoms with Gasteiger partial charge >= 0.3 is 0 Å². The van der Waals surface area contributed by atoms with Crippen molar-refractivity contribution >= 4 is 28.4 Å². The van der Waals surface area contributed by atoms with Gasteiger partial charge in [-0.25, -0.2) is 0 Å². The molecule has 0 amide bonds. The van der Waals surface area contributed by atoms with Gasteiger partial charge in [-0.15, -0.1) is 0 Å². The van der Waals surface area contributed by atoms with Gasteiger partial charge in [0.1, 0.15) is 5.78 Å². The van der Waals surface area contributed by atoms with Crippen LogP contribution in [0.5, 0.6) is 0 Å². The SMILES string of the molecule is CC(=O)C1CCC(I)N1C. The number of hydrogen-bond acceptors (Lipinski definition) is 2. The maximum absolute atomic E-state index is 11.0. The molecule has 2 nitrogen and oxygen atoms in total. The van der Waals surface area contributed by atoms with Gasteiger partial charge in [0.05, 0.1) is 10.1 Å². The van der Waals surface area contributed by atoms with Crippen LogP contribution in [0.2, 0.25) is 0 Å². The molecule has 10 heavy (non-hydrogen) atoms. The zero-order valence-electron chi connectivity index (χ0n) is 6.30. The summed E-state index contributed by atoms with van der Waals surface area (Å²) >= 11 is 2.38. The zero-order chi connectivity index (χ0) is 7.72. The molecule has 1 aliphatic heterocycles. The van der Waals surface area contributed by atoms with Crippen LogP contribution in [0, 0.1) is 0 Å². The molecule has 1 saturated heterocycles. The summed E-state index contributed by atoms with van der Waals surface area (Å²) in [7, 11) is 2.02. The summed E-state index contributed by atoms with van der Waals surface area (Å²) in [5.74, 6) is 0.307. The molecule has 0 bridgehead atoms. The number of Topliss-reactive ketones (excluding diaryl/α,β-unsaturated/α-hetero) is 1.